The number of rotatable bonds is 6. The van der Waals surface area contributed by atoms with Gasteiger partial charge in [-0.15, -0.1) is 11.8 Å². The summed E-state index contributed by atoms with van der Waals surface area (Å²) < 4.78 is 27.1. The maximum atomic E-state index is 12.0. The summed E-state index contributed by atoms with van der Waals surface area (Å²) in [4.78, 5) is 4.97. The first kappa shape index (κ1) is 16.1. The van der Waals surface area contributed by atoms with Crippen molar-refractivity contribution in [1.29, 1.82) is 0 Å². The fourth-order valence-electron chi connectivity index (χ4n) is 1.49. The van der Waals surface area contributed by atoms with Crippen molar-refractivity contribution in [2.75, 3.05) is 22.0 Å². The standard InChI is InChI=1S/C13H14BrN3O2S2/c14-12-2-1-7-16-13(12)17-21(18,19)9-8-20-11-5-3-10(15)4-6-11/h1-7H,8-9,15H2,(H,16,17). The van der Waals surface area contributed by atoms with Crippen LogP contribution in [0.1, 0.15) is 0 Å². The topological polar surface area (TPSA) is 85.1 Å². The molecule has 3 N–H and O–H groups in total. The van der Waals surface area contributed by atoms with Gasteiger partial charge in [0.1, 0.15) is 0 Å². The van der Waals surface area contributed by atoms with Crippen LogP contribution in [0.25, 0.3) is 0 Å². The highest BCUT2D eigenvalue weighted by atomic mass is 79.9. The van der Waals surface area contributed by atoms with Crippen molar-refractivity contribution in [3.63, 3.8) is 0 Å². The minimum Gasteiger partial charge on any atom is -0.399 e. The highest BCUT2D eigenvalue weighted by molar-refractivity contribution is 9.10. The molecule has 0 aliphatic carbocycles. The van der Waals surface area contributed by atoms with Gasteiger partial charge in [0, 0.05) is 22.5 Å². The van der Waals surface area contributed by atoms with E-state index in [-0.39, 0.29) is 5.75 Å². The third kappa shape index (κ3) is 5.22. The van der Waals surface area contributed by atoms with Crippen molar-refractivity contribution < 1.29 is 8.42 Å². The Labute approximate surface area is 136 Å². The first-order valence-corrected chi connectivity index (χ1v) is 9.49. The molecule has 1 aromatic carbocycles. The van der Waals surface area contributed by atoms with E-state index in [9.17, 15) is 8.42 Å². The number of hydrogen-bond donors (Lipinski definition) is 2. The van der Waals surface area contributed by atoms with Crippen LogP contribution >= 0.6 is 27.7 Å². The molecule has 0 radical (unpaired) electrons. The van der Waals surface area contributed by atoms with E-state index in [1.54, 1.807) is 24.3 Å². The van der Waals surface area contributed by atoms with E-state index in [1.165, 1.54) is 18.0 Å². The fourth-order valence-corrected chi connectivity index (χ4v) is 4.31. The second-order valence-corrected chi connectivity index (χ2v) is 8.04. The zero-order valence-electron chi connectivity index (χ0n) is 11.0. The molecule has 0 fully saturated rings. The second kappa shape index (κ2) is 7.15. The largest absolute Gasteiger partial charge is 0.399 e. The molecule has 0 atom stereocenters. The summed E-state index contributed by atoms with van der Waals surface area (Å²) in [5.41, 5.74) is 6.29. The molecule has 1 heterocycles. The van der Waals surface area contributed by atoms with E-state index in [1.807, 2.05) is 12.1 Å². The lowest BCUT2D eigenvalue weighted by Gasteiger charge is -2.08. The summed E-state index contributed by atoms with van der Waals surface area (Å²) >= 11 is 4.72. The predicted molar refractivity (Wildman–Crippen MR) is 90.9 cm³/mol. The summed E-state index contributed by atoms with van der Waals surface area (Å²) in [7, 11) is -3.42. The van der Waals surface area contributed by atoms with Gasteiger partial charge in [0.2, 0.25) is 10.0 Å². The third-order valence-corrected chi connectivity index (χ3v) is 5.67. The Hall–Kier alpha value is -1.25. The molecular formula is C13H14BrN3O2S2. The van der Waals surface area contributed by atoms with E-state index < -0.39 is 10.0 Å². The number of aromatic nitrogens is 1. The first-order valence-electron chi connectivity index (χ1n) is 6.06. The van der Waals surface area contributed by atoms with Crippen LogP contribution in [-0.4, -0.2) is 24.9 Å². The molecule has 0 spiro atoms. The Morgan fingerprint density at radius 2 is 1.95 bits per heavy atom. The van der Waals surface area contributed by atoms with Crippen LogP contribution in [0.2, 0.25) is 0 Å². The molecule has 0 aliphatic rings. The average molecular weight is 388 g/mol. The fraction of sp³-hybridized carbons (Fsp3) is 0.154. The number of halogens is 1. The number of thioether (sulfide) groups is 1. The van der Waals surface area contributed by atoms with Crippen molar-refractivity contribution in [3.8, 4) is 0 Å². The molecule has 8 heteroatoms. The molecule has 0 aliphatic heterocycles. The minimum absolute atomic E-state index is 0.00502. The predicted octanol–water partition coefficient (Wildman–Crippen LogP) is 2.96. The van der Waals surface area contributed by atoms with E-state index >= 15 is 0 Å². The second-order valence-electron chi connectivity index (χ2n) is 4.17. The van der Waals surface area contributed by atoms with Crippen molar-refractivity contribution >= 4 is 49.2 Å². The smallest absolute Gasteiger partial charge is 0.234 e. The van der Waals surface area contributed by atoms with Gasteiger partial charge < -0.3 is 5.73 Å². The van der Waals surface area contributed by atoms with Gasteiger partial charge in [-0.05, 0) is 52.3 Å². The highest BCUT2D eigenvalue weighted by Crippen LogP contribution is 2.21. The van der Waals surface area contributed by atoms with Crippen LogP contribution < -0.4 is 10.5 Å². The van der Waals surface area contributed by atoms with Crippen molar-refractivity contribution in [3.05, 3.63) is 47.1 Å². The number of anilines is 2. The summed E-state index contributed by atoms with van der Waals surface area (Å²) in [5, 5.41) is 0. The molecule has 0 saturated carbocycles. The lowest BCUT2D eigenvalue weighted by Crippen LogP contribution is -2.19. The van der Waals surface area contributed by atoms with Gasteiger partial charge in [-0.3, -0.25) is 4.72 Å². The van der Waals surface area contributed by atoms with Gasteiger partial charge in [-0.25, -0.2) is 13.4 Å². The number of benzene rings is 1. The van der Waals surface area contributed by atoms with Crippen LogP contribution in [-0.2, 0) is 10.0 Å². The molecule has 112 valence electrons. The van der Waals surface area contributed by atoms with Gasteiger partial charge in [0.15, 0.2) is 5.82 Å². The lowest BCUT2D eigenvalue weighted by atomic mass is 10.3. The third-order valence-electron chi connectivity index (χ3n) is 2.51. The normalized spacial score (nSPS) is 11.3. The molecule has 0 amide bonds. The Balaban J connectivity index is 1.90. The number of nitrogens with two attached hydrogens (primary N) is 1. The van der Waals surface area contributed by atoms with Crippen molar-refractivity contribution in [2.24, 2.45) is 0 Å². The van der Waals surface area contributed by atoms with E-state index in [4.69, 9.17) is 5.73 Å². The Kier molecular flexibility index (Phi) is 5.49. The van der Waals surface area contributed by atoms with Crippen LogP contribution in [0, 0.1) is 0 Å². The summed E-state index contributed by atoms with van der Waals surface area (Å²) in [6.45, 7) is 0. The van der Waals surface area contributed by atoms with Crippen LogP contribution in [0.4, 0.5) is 11.5 Å². The lowest BCUT2D eigenvalue weighted by molar-refractivity contribution is 0.602. The minimum atomic E-state index is -3.42. The van der Waals surface area contributed by atoms with Crippen LogP contribution in [0.5, 0.6) is 0 Å². The Morgan fingerprint density at radius 1 is 1.24 bits per heavy atom. The maximum Gasteiger partial charge on any atom is 0.234 e. The molecule has 21 heavy (non-hydrogen) atoms. The van der Waals surface area contributed by atoms with E-state index in [0.29, 0.717) is 21.7 Å². The average Bonchev–Trinajstić information content (AvgIpc) is 2.43. The molecule has 2 aromatic rings. The van der Waals surface area contributed by atoms with Crippen molar-refractivity contribution in [1.82, 2.24) is 4.98 Å². The summed E-state index contributed by atoms with van der Waals surface area (Å²) in [5.74, 6) is 0.754. The number of sulfonamides is 1. The molecule has 1 aromatic heterocycles. The van der Waals surface area contributed by atoms with Gasteiger partial charge in [-0.2, -0.15) is 0 Å². The van der Waals surface area contributed by atoms with Gasteiger partial charge in [0.05, 0.1) is 10.2 Å². The molecule has 0 bridgehead atoms. The van der Waals surface area contributed by atoms with Gasteiger partial charge in [0.25, 0.3) is 0 Å². The molecular weight excluding hydrogens is 374 g/mol. The van der Waals surface area contributed by atoms with Crippen molar-refractivity contribution in [2.45, 2.75) is 4.90 Å². The number of nitrogen functional groups attached to an aromatic ring is 1. The summed E-state index contributed by atoms with van der Waals surface area (Å²) in [6.07, 6.45) is 1.53. The Bertz CT molecular complexity index is 706. The maximum absolute atomic E-state index is 12.0. The number of pyridine rings is 1. The number of hydrogen-bond acceptors (Lipinski definition) is 5. The van der Waals surface area contributed by atoms with E-state index in [2.05, 4.69) is 25.6 Å². The molecule has 2 rings (SSSR count). The van der Waals surface area contributed by atoms with Crippen LogP contribution in [0.15, 0.2) is 52.0 Å². The quantitative estimate of drug-likeness (QED) is 0.587. The summed E-state index contributed by atoms with van der Waals surface area (Å²) in [6, 6.07) is 10.8. The zero-order chi connectivity index (χ0) is 15.3. The highest BCUT2D eigenvalue weighted by Gasteiger charge is 2.13. The number of nitrogens with one attached hydrogen (secondary N) is 1. The van der Waals surface area contributed by atoms with Gasteiger partial charge in [-0.1, -0.05) is 0 Å². The van der Waals surface area contributed by atoms with E-state index in [0.717, 1.165) is 4.90 Å². The molecule has 5 nitrogen and oxygen atoms in total. The zero-order valence-corrected chi connectivity index (χ0v) is 14.2. The number of nitrogens with zero attached hydrogens (tertiary/aromatic N) is 1. The monoisotopic (exact) mass is 387 g/mol. The Morgan fingerprint density at radius 3 is 2.62 bits per heavy atom. The SMILES string of the molecule is Nc1ccc(SCCS(=O)(=O)Nc2ncccc2Br)cc1. The first-order chi connectivity index (χ1) is 9.96. The molecule has 0 saturated heterocycles. The van der Waals surface area contributed by atoms with Gasteiger partial charge >= 0.3 is 0 Å². The molecule has 0 unspecified atom stereocenters. The van der Waals surface area contributed by atoms with Crippen LogP contribution in [0.3, 0.4) is 0 Å².